The van der Waals surface area contributed by atoms with Crippen LogP contribution >= 0.6 is 11.3 Å². The number of fused-ring (bicyclic) bond motifs is 1. The van der Waals surface area contributed by atoms with E-state index in [4.69, 9.17) is 10.5 Å². The number of aliphatic hydroxyl groups is 1. The quantitative estimate of drug-likeness (QED) is 0.795. The molecule has 1 unspecified atom stereocenters. The van der Waals surface area contributed by atoms with E-state index in [-0.39, 0.29) is 12.7 Å². The highest BCUT2D eigenvalue weighted by atomic mass is 32.1. The molecule has 3 rings (SSSR count). The van der Waals surface area contributed by atoms with Crippen LogP contribution in [0.2, 0.25) is 0 Å². The van der Waals surface area contributed by atoms with Gasteiger partial charge in [-0.25, -0.2) is 4.98 Å². The second-order valence-corrected chi connectivity index (χ2v) is 5.21. The molecule has 1 fully saturated rings. The van der Waals surface area contributed by atoms with E-state index in [1.807, 2.05) is 12.1 Å². The van der Waals surface area contributed by atoms with E-state index >= 15 is 0 Å². The van der Waals surface area contributed by atoms with E-state index in [0.29, 0.717) is 18.8 Å². The zero-order valence-corrected chi connectivity index (χ0v) is 10.7. The standard InChI is InChI=1S/C12H15N3O2S/c13-11-9(1-2-10-12(11)14-7-18-10)15-3-4-17-8(5-15)6-16/h1-2,7-8,16H,3-6,13H2. The lowest BCUT2D eigenvalue weighted by molar-refractivity contribution is 0.00361. The Bertz CT molecular complexity index is 557. The minimum absolute atomic E-state index is 0.0371. The van der Waals surface area contributed by atoms with Gasteiger partial charge in [-0.3, -0.25) is 0 Å². The van der Waals surface area contributed by atoms with Crippen molar-refractivity contribution in [2.45, 2.75) is 6.10 Å². The number of ether oxygens (including phenoxy) is 1. The molecule has 0 aliphatic carbocycles. The molecule has 0 bridgehead atoms. The van der Waals surface area contributed by atoms with Crippen LogP contribution < -0.4 is 10.6 Å². The fourth-order valence-corrected chi connectivity index (χ4v) is 2.96. The van der Waals surface area contributed by atoms with Gasteiger partial charge in [0.15, 0.2) is 0 Å². The second-order valence-electron chi connectivity index (χ2n) is 4.32. The van der Waals surface area contributed by atoms with Crippen molar-refractivity contribution in [3.05, 3.63) is 17.6 Å². The van der Waals surface area contributed by atoms with Crippen molar-refractivity contribution < 1.29 is 9.84 Å². The molecule has 1 aliphatic rings. The average Bonchev–Trinajstić information content (AvgIpc) is 2.88. The monoisotopic (exact) mass is 265 g/mol. The first-order chi connectivity index (χ1) is 8.79. The van der Waals surface area contributed by atoms with E-state index in [1.165, 1.54) is 0 Å². The van der Waals surface area contributed by atoms with Gasteiger partial charge in [-0.1, -0.05) is 0 Å². The summed E-state index contributed by atoms with van der Waals surface area (Å²) < 4.78 is 6.55. The van der Waals surface area contributed by atoms with Crippen molar-refractivity contribution in [2.75, 3.05) is 36.9 Å². The lowest BCUT2D eigenvalue weighted by Gasteiger charge is -2.34. The van der Waals surface area contributed by atoms with Crippen molar-refractivity contribution in [3.8, 4) is 0 Å². The van der Waals surface area contributed by atoms with Crippen LogP contribution in [-0.4, -0.2) is 42.5 Å². The number of thiazole rings is 1. The summed E-state index contributed by atoms with van der Waals surface area (Å²) in [7, 11) is 0. The summed E-state index contributed by atoms with van der Waals surface area (Å²) in [5, 5.41) is 9.17. The SMILES string of the molecule is Nc1c(N2CCOC(CO)C2)ccc2scnc12. The van der Waals surface area contributed by atoms with Gasteiger partial charge in [0, 0.05) is 13.1 Å². The highest BCUT2D eigenvalue weighted by Crippen LogP contribution is 2.33. The summed E-state index contributed by atoms with van der Waals surface area (Å²) >= 11 is 1.59. The third-order valence-electron chi connectivity index (χ3n) is 3.20. The Balaban J connectivity index is 1.95. The van der Waals surface area contributed by atoms with E-state index in [2.05, 4.69) is 9.88 Å². The molecular weight excluding hydrogens is 250 g/mol. The highest BCUT2D eigenvalue weighted by Gasteiger charge is 2.22. The summed E-state index contributed by atoms with van der Waals surface area (Å²) in [5.41, 5.74) is 10.5. The molecule has 2 aromatic rings. The van der Waals surface area contributed by atoms with Crippen molar-refractivity contribution >= 4 is 32.9 Å². The highest BCUT2D eigenvalue weighted by molar-refractivity contribution is 7.16. The minimum Gasteiger partial charge on any atom is -0.395 e. The zero-order chi connectivity index (χ0) is 12.5. The zero-order valence-electron chi connectivity index (χ0n) is 9.87. The molecule has 1 saturated heterocycles. The predicted octanol–water partition coefficient (Wildman–Crippen LogP) is 1.08. The molecule has 0 spiro atoms. The van der Waals surface area contributed by atoms with Crippen LogP contribution in [0, 0.1) is 0 Å². The van der Waals surface area contributed by atoms with Crippen LogP contribution in [0.15, 0.2) is 17.6 Å². The molecule has 18 heavy (non-hydrogen) atoms. The molecule has 5 nitrogen and oxygen atoms in total. The first-order valence-electron chi connectivity index (χ1n) is 5.88. The first-order valence-corrected chi connectivity index (χ1v) is 6.76. The third-order valence-corrected chi connectivity index (χ3v) is 4.00. The average molecular weight is 265 g/mol. The number of aromatic nitrogens is 1. The number of anilines is 2. The maximum atomic E-state index is 9.17. The summed E-state index contributed by atoms with van der Waals surface area (Å²) in [6.45, 7) is 2.10. The Hall–Kier alpha value is -1.37. The number of benzene rings is 1. The van der Waals surface area contributed by atoms with Crippen LogP contribution in [0.25, 0.3) is 10.2 Å². The largest absolute Gasteiger partial charge is 0.395 e. The van der Waals surface area contributed by atoms with Crippen molar-refractivity contribution in [1.29, 1.82) is 0 Å². The Kier molecular flexibility index (Phi) is 3.07. The fraction of sp³-hybridized carbons (Fsp3) is 0.417. The topological polar surface area (TPSA) is 71.6 Å². The van der Waals surface area contributed by atoms with Gasteiger partial charge in [0.2, 0.25) is 0 Å². The lowest BCUT2D eigenvalue weighted by atomic mass is 10.2. The smallest absolute Gasteiger partial charge is 0.106 e. The van der Waals surface area contributed by atoms with Gasteiger partial charge in [-0.05, 0) is 12.1 Å². The number of nitrogens with two attached hydrogens (primary N) is 1. The van der Waals surface area contributed by atoms with E-state index in [1.54, 1.807) is 16.8 Å². The minimum atomic E-state index is -0.135. The lowest BCUT2D eigenvalue weighted by Crippen LogP contribution is -2.44. The van der Waals surface area contributed by atoms with Gasteiger partial charge in [0.1, 0.15) is 5.52 Å². The van der Waals surface area contributed by atoms with E-state index in [0.717, 1.165) is 22.4 Å². The number of rotatable bonds is 2. The maximum Gasteiger partial charge on any atom is 0.106 e. The van der Waals surface area contributed by atoms with Gasteiger partial charge in [0.25, 0.3) is 0 Å². The summed E-state index contributed by atoms with van der Waals surface area (Å²) in [6.07, 6.45) is -0.135. The van der Waals surface area contributed by atoms with Gasteiger partial charge >= 0.3 is 0 Å². The Morgan fingerprint density at radius 3 is 3.28 bits per heavy atom. The Morgan fingerprint density at radius 1 is 1.56 bits per heavy atom. The van der Waals surface area contributed by atoms with E-state index < -0.39 is 0 Å². The second kappa shape index (κ2) is 4.72. The van der Waals surface area contributed by atoms with Crippen LogP contribution in [-0.2, 0) is 4.74 Å². The van der Waals surface area contributed by atoms with Crippen LogP contribution in [0.4, 0.5) is 11.4 Å². The first kappa shape index (κ1) is 11.7. The third kappa shape index (κ3) is 1.92. The predicted molar refractivity (Wildman–Crippen MR) is 73.1 cm³/mol. The summed E-state index contributed by atoms with van der Waals surface area (Å²) in [4.78, 5) is 6.45. The van der Waals surface area contributed by atoms with Crippen LogP contribution in [0.3, 0.4) is 0 Å². The fourth-order valence-electron chi connectivity index (χ4n) is 2.27. The molecule has 3 N–H and O–H groups in total. The van der Waals surface area contributed by atoms with Crippen molar-refractivity contribution in [1.82, 2.24) is 4.98 Å². The summed E-state index contributed by atoms with van der Waals surface area (Å²) in [5.74, 6) is 0. The van der Waals surface area contributed by atoms with Gasteiger partial charge < -0.3 is 20.5 Å². The molecule has 1 aromatic carbocycles. The van der Waals surface area contributed by atoms with Crippen LogP contribution in [0.5, 0.6) is 0 Å². The molecule has 0 radical (unpaired) electrons. The number of nitrogens with zero attached hydrogens (tertiary/aromatic N) is 2. The molecule has 1 aliphatic heterocycles. The van der Waals surface area contributed by atoms with Gasteiger partial charge in [-0.15, -0.1) is 11.3 Å². The number of nitrogen functional groups attached to an aromatic ring is 1. The number of hydrogen-bond acceptors (Lipinski definition) is 6. The Morgan fingerprint density at radius 2 is 2.44 bits per heavy atom. The van der Waals surface area contributed by atoms with Crippen molar-refractivity contribution in [2.24, 2.45) is 0 Å². The molecule has 1 aromatic heterocycles. The normalized spacial score (nSPS) is 20.5. The number of aliphatic hydroxyl groups excluding tert-OH is 1. The number of hydrogen-bond donors (Lipinski definition) is 2. The molecule has 2 heterocycles. The summed E-state index contributed by atoms with van der Waals surface area (Å²) in [6, 6.07) is 4.07. The molecular formula is C12H15N3O2S. The molecule has 1 atom stereocenters. The van der Waals surface area contributed by atoms with Gasteiger partial charge in [-0.2, -0.15) is 0 Å². The maximum absolute atomic E-state index is 9.17. The molecule has 96 valence electrons. The van der Waals surface area contributed by atoms with Crippen molar-refractivity contribution in [3.63, 3.8) is 0 Å². The Labute approximate surface area is 109 Å². The number of morpholine rings is 1. The molecule has 0 amide bonds. The van der Waals surface area contributed by atoms with Crippen LogP contribution in [0.1, 0.15) is 0 Å². The molecule has 0 saturated carbocycles. The van der Waals surface area contributed by atoms with E-state index in [9.17, 15) is 5.11 Å². The molecule has 6 heteroatoms. The van der Waals surface area contributed by atoms with Gasteiger partial charge in [0.05, 0.1) is 40.9 Å².